The standard InChI is InChI=1S/C15H30O4Si/c1-6-9-19-20(4,5)13-8-11-17-10-7-12-18-15(16)14(2)3/h2,6-13H2,1,3-5H3. The van der Waals surface area contributed by atoms with Crippen LogP contribution in [0.5, 0.6) is 0 Å². The molecule has 0 aromatic rings. The lowest BCUT2D eigenvalue weighted by Gasteiger charge is -2.22. The van der Waals surface area contributed by atoms with Crippen molar-refractivity contribution in [2.45, 2.75) is 52.2 Å². The van der Waals surface area contributed by atoms with Crippen molar-refractivity contribution in [1.82, 2.24) is 0 Å². The minimum atomic E-state index is -1.49. The van der Waals surface area contributed by atoms with Crippen LogP contribution in [0.3, 0.4) is 0 Å². The summed E-state index contributed by atoms with van der Waals surface area (Å²) in [7, 11) is -1.49. The lowest BCUT2D eigenvalue weighted by atomic mass is 10.4. The van der Waals surface area contributed by atoms with Gasteiger partial charge in [0.25, 0.3) is 0 Å². The molecule has 0 aromatic heterocycles. The SMILES string of the molecule is C=C(C)C(=O)OCCCOCCC[Si](C)(C)OCCC. The summed E-state index contributed by atoms with van der Waals surface area (Å²) in [6, 6.07) is 1.12. The summed E-state index contributed by atoms with van der Waals surface area (Å²) >= 11 is 0. The van der Waals surface area contributed by atoms with E-state index >= 15 is 0 Å². The fourth-order valence-corrected chi connectivity index (χ4v) is 3.50. The first-order valence-corrected chi connectivity index (χ1v) is 10.5. The molecular weight excluding hydrogens is 272 g/mol. The van der Waals surface area contributed by atoms with E-state index in [1.54, 1.807) is 6.92 Å². The number of hydrogen-bond donors (Lipinski definition) is 0. The maximum absolute atomic E-state index is 11.1. The van der Waals surface area contributed by atoms with Gasteiger partial charge in [-0.05, 0) is 38.9 Å². The number of carbonyl (C=O) groups excluding carboxylic acids is 1. The van der Waals surface area contributed by atoms with Gasteiger partial charge in [-0.25, -0.2) is 4.79 Å². The first-order valence-electron chi connectivity index (χ1n) is 7.43. The molecule has 0 aliphatic carbocycles. The molecule has 0 unspecified atom stereocenters. The summed E-state index contributed by atoms with van der Waals surface area (Å²) < 4.78 is 16.4. The zero-order chi connectivity index (χ0) is 15.4. The van der Waals surface area contributed by atoms with E-state index in [2.05, 4.69) is 26.6 Å². The molecule has 0 spiro atoms. The van der Waals surface area contributed by atoms with E-state index in [0.29, 0.717) is 18.8 Å². The Balaban J connectivity index is 3.40. The van der Waals surface area contributed by atoms with E-state index in [-0.39, 0.29) is 5.97 Å². The van der Waals surface area contributed by atoms with Gasteiger partial charge in [-0.15, -0.1) is 0 Å². The molecule has 4 nitrogen and oxygen atoms in total. The Bertz CT molecular complexity index is 290. The van der Waals surface area contributed by atoms with Crippen molar-refractivity contribution in [1.29, 1.82) is 0 Å². The highest BCUT2D eigenvalue weighted by atomic mass is 28.4. The van der Waals surface area contributed by atoms with Crippen LogP contribution in [0.25, 0.3) is 0 Å². The van der Waals surface area contributed by atoms with Crippen LogP contribution in [0.15, 0.2) is 12.2 Å². The average Bonchev–Trinajstić information content (AvgIpc) is 2.39. The quantitative estimate of drug-likeness (QED) is 0.239. The minimum Gasteiger partial charge on any atom is -0.462 e. The third kappa shape index (κ3) is 11.2. The zero-order valence-corrected chi connectivity index (χ0v) is 14.5. The molecule has 0 aliphatic rings. The largest absolute Gasteiger partial charge is 0.462 e. The summed E-state index contributed by atoms with van der Waals surface area (Å²) in [6.07, 6.45) is 2.84. The van der Waals surface area contributed by atoms with Crippen molar-refractivity contribution >= 4 is 14.3 Å². The molecule has 0 fully saturated rings. The van der Waals surface area contributed by atoms with Gasteiger partial charge in [0.05, 0.1) is 6.61 Å². The van der Waals surface area contributed by atoms with Gasteiger partial charge < -0.3 is 13.9 Å². The monoisotopic (exact) mass is 302 g/mol. The summed E-state index contributed by atoms with van der Waals surface area (Å²) in [5, 5.41) is 0. The molecule has 0 atom stereocenters. The van der Waals surface area contributed by atoms with Crippen molar-refractivity contribution < 1.29 is 18.7 Å². The summed E-state index contributed by atoms with van der Waals surface area (Å²) in [5.74, 6) is -0.328. The van der Waals surface area contributed by atoms with Gasteiger partial charge in [-0.1, -0.05) is 13.5 Å². The highest BCUT2D eigenvalue weighted by Crippen LogP contribution is 2.14. The first kappa shape index (κ1) is 19.3. The van der Waals surface area contributed by atoms with Gasteiger partial charge in [0.2, 0.25) is 0 Å². The fraction of sp³-hybridized carbons (Fsp3) is 0.800. The molecular formula is C15H30O4Si. The molecule has 0 saturated heterocycles. The van der Waals surface area contributed by atoms with Gasteiger partial charge in [0, 0.05) is 31.8 Å². The number of hydrogen-bond acceptors (Lipinski definition) is 4. The molecule has 118 valence electrons. The molecule has 20 heavy (non-hydrogen) atoms. The fourth-order valence-electron chi connectivity index (χ4n) is 1.60. The van der Waals surface area contributed by atoms with E-state index in [1.807, 2.05) is 0 Å². The molecule has 0 saturated carbocycles. The lowest BCUT2D eigenvalue weighted by molar-refractivity contribution is -0.139. The van der Waals surface area contributed by atoms with Gasteiger partial charge >= 0.3 is 5.97 Å². The number of rotatable bonds is 12. The Labute approximate surface area is 124 Å². The highest BCUT2D eigenvalue weighted by Gasteiger charge is 2.20. The second-order valence-electron chi connectivity index (χ2n) is 5.59. The Kier molecular flexibility index (Phi) is 10.7. The van der Waals surface area contributed by atoms with Crippen LogP contribution in [0, 0.1) is 0 Å². The number of ether oxygens (including phenoxy) is 2. The van der Waals surface area contributed by atoms with Gasteiger partial charge in [0.15, 0.2) is 8.32 Å². The Morgan fingerprint density at radius 1 is 1.10 bits per heavy atom. The molecule has 0 bridgehead atoms. The van der Waals surface area contributed by atoms with E-state index < -0.39 is 8.32 Å². The van der Waals surface area contributed by atoms with Crippen molar-refractivity contribution in [3.63, 3.8) is 0 Å². The smallest absolute Gasteiger partial charge is 0.333 e. The van der Waals surface area contributed by atoms with E-state index in [4.69, 9.17) is 13.9 Å². The van der Waals surface area contributed by atoms with Gasteiger partial charge in [0.1, 0.15) is 0 Å². The van der Waals surface area contributed by atoms with E-state index in [0.717, 1.165) is 38.5 Å². The van der Waals surface area contributed by atoms with Crippen molar-refractivity contribution in [2.24, 2.45) is 0 Å². The topological polar surface area (TPSA) is 44.8 Å². The van der Waals surface area contributed by atoms with E-state index in [1.165, 1.54) is 0 Å². The molecule has 0 aromatic carbocycles. The third-order valence-electron chi connectivity index (χ3n) is 2.78. The Morgan fingerprint density at radius 3 is 2.35 bits per heavy atom. The Morgan fingerprint density at radius 2 is 1.75 bits per heavy atom. The normalized spacial score (nSPS) is 11.4. The molecule has 0 aliphatic heterocycles. The molecule has 5 heteroatoms. The lowest BCUT2D eigenvalue weighted by Crippen LogP contribution is -2.30. The molecule has 0 radical (unpaired) electrons. The van der Waals surface area contributed by atoms with Crippen LogP contribution in [0.2, 0.25) is 19.1 Å². The number of carbonyl (C=O) groups is 1. The molecule has 0 heterocycles. The molecule has 0 N–H and O–H groups in total. The van der Waals surface area contributed by atoms with Crippen molar-refractivity contribution in [3.05, 3.63) is 12.2 Å². The molecule has 0 amide bonds. The predicted octanol–water partition coefficient (Wildman–Crippen LogP) is 3.53. The van der Waals surface area contributed by atoms with Crippen LogP contribution in [-0.2, 0) is 18.7 Å². The van der Waals surface area contributed by atoms with Crippen LogP contribution < -0.4 is 0 Å². The van der Waals surface area contributed by atoms with Crippen LogP contribution in [0.1, 0.15) is 33.1 Å². The van der Waals surface area contributed by atoms with Crippen LogP contribution in [-0.4, -0.2) is 40.7 Å². The average molecular weight is 302 g/mol. The first-order chi connectivity index (χ1) is 9.39. The third-order valence-corrected chi connectivity index (χ3v) is 5.32. The van der Waals surface area contributed by atoms with Gasteiger partial charge in [-0.3, -0.25) is 0 Å². The maximum Gasteiger partial charge on any atom is 0.333 e. The number of esters is 1. The second-order valence-corrected chi connectivity index (χ2v) is 9.90. The summed E-state index contributed by atoms with van der Waals surface area (Å²) in [6.45, 7) is 14.4. The van der Waals surface area contributed by atoms with E-state index in [9.17, 15) is 4.79 Å². The summed E-state index contributed by atoms with van der Waals surface area (Å²) in [4.78, 5) is 11.1. The van der Waals surface area contributed by atoms with Gasteiger partial charge in [-0.2, -0.15) is 0 Å². The Hall–Kier alpha value is -0.653. The highest BCUT2D eigenvalue weighted by molar-refractivity contribution is 6.71. The van der Waals surface area contributed by atoms with Crippen molar-refractivity contribution in [3.8, 4) is 0 Å². The molecule has 0 rings (SSSR count). The van der Waals surface area contributed by atoms with Crippen LogP contribution in [0.4, 0.5) is 0 Å². The maximum atomic E-state index is 11.1. The minimum absolute atomic E-state index is 0.328. The van der Waals surface area contributed by atoms with Crippen LogP contribution >= 0.6 is 0 Å². The predicted molar refractivity (Wildman–Crippen MR) is 84.4 cm³/mol. The zero-order valence-electron chi connectivity index (χ0n) is 13.5. The second kappa shape index (κ2) is 11.1. The van der Waals surface area contributed by atoms with Crippen molar-refractivity contribution in [2.75, 3.05) is 26.4 Å². The summed E-state index contributed by atoms with van der Waals surface area (Å²) in [5.41, 5.74) is 0.435.